The van der Waals surface area contributed by atoms with Gasteiger partial charge in [0.1, 0.15) is 12.2 Å². The molecule has 15 heavy (non-hydrogen) atoms. The molecule has 0 unspecified atom stereocenters. The van der Waals surface area contributed by atoms with Gasteiger partial charge in [-0.15, -0.1) is 0 Å². The Kier molecular flexibility index (Phi) is 3.73. The molecule has 0 saturated carbocycles. The average molecular weight is 219 g/mol. The number of rotatable bonds is 1. The van der Waals surface area contributed by atoms with Gasteiger partial charge in [-0.1, -0.05) is 0 Å². The van der Waals surface area contributed by atoms with Crippen LogP contribution in [0.2, 0.25) is 0 Å². The second-order valence-electron chi connectivity index (χ2n) is 5.12. The Morgan fingerprint density at radius 3 is 2.07 bits per heavy atom. The number of hydrogen-bond acceptors (Lipinski definition) is 5. The number of aliphatic hydroxyl groups excluding tert-OH is 4. The molecular formula is C10H21NO4. The first kappa shape index (κ1) is 12.9. The van der Waals surface area contributed by atoms with Crippen LogP contribution in [-0.2, 0) is 0 Å². The highest BCUT2D eigenvalue weighted by Gasteiger charge is 2.44. The van der Waals surface area contributed by atoms with Crippen molar-refractivity contribution in [3.05, 3.63) is 0 Å². The standard InChI is InChI=1S/C10H21NO4/c1-10(2,3)11-4-7(13)9(15)8(14)6(11)5-12/h6-9,12-15H,4-5H2,1-3H3/t6-,7-,8+,9+/m0/s1. The van der Waals surface area contributed by atoms with E-state index in [1.54, 1.807) is 0 Å². The van der Waals surface area contributed by atoms with Crippen LogP contribution in [0.4, 0.5) is 0 Å². The summed E-state index contributed by atoms with van der Waals surface area (Å²) < 4.78 is 0. The van der Waals surface area contributed by atoms with Gasteiger partial charge in [-0.2, -0.15) is 0 Å². The Morgan fingerprint density at radius 2 is 1.67 bits per heavy atom. The zero-order valence-corrected chi connectivity index (χ0v) is 9.46. The second kappa shape index (κ2) is 4.35. The molecule has 4 N–H and O–H groups in total. The van der Waals surface area contributed by atoms with Gasteiger partial charge in [-0.25, -0.2) is 0 Å². The maximum absolute atomic E-state index is 9.73. The summed E-state index contributed by atoms with van der Waals surface area (Å²) in [7, 11) is 0. The van der Waals surface area contributed by atoms with Crippen LogP contribution in [-0.4, -0.2) is 68.4 Å². The maximum atomic E-state index is 9.73. The SMILES string of the molecule is CC(C)(C)N1C[C@H](O)[C@@H](O)[C@H](O)[C@@H]1CO. The number of hydrogen-bond donors (Lipinski definition) is 4. The van der Waals surface area contributed by atoms with E-state index in [9.17, 15) is 20.4 Å². The van der Waals surface area contributed by atoms with Crippen LogP contribution in [0.15, 0.2) is 0 Å². The molecule has 0 spiro atoms. The van der Waals surface area contributed by atoms with Crippen molar-refractivity contribution in [2.45, 2.75) is 50.7 Å². The molecule has 0 aromatic rings. The van der Waals surface area contributed by atoms with E-state index in [-0.39, 0.29) is 18.7 Å². The van der Waals surface area contributed by atoms with Crippen molar-refractivity contribution in [3.63, 3.8) is 0 Å². The van der Waals surface area contributed by atoms with Crippen molar-refractivity contribution in [2.24, 2.45) is 0 Å². The lowest BCUT2D eigenvalue weighted by molar-refractivity contribution is -0.163. The maximum Gasteiger partial charge on any atom is 0.109 e. The predicted octanol–water partition coefficient (Wildman–Crippen LogP) is -1.46. The van der Waals surface area contributed by atoms with Gasteiger partial charge in [-0.05, 0) is 20.8 Å². The minimum atomic E-state index is -1.18. The highest BCUT2D eigenvalue weighted by atomic mass is 16.4. The molecule has 0 bridgehead atoms. The van der Waals surface area contributed by atoms with Crippen LogP contribution in [0, 0.1) is 0 Å². The van der Waals surface area contributed by atoms with Crippen LogP contribution in [0.1, 0.15) is 20.8 Å². The van der Waals surface area contributed by atoms with Crippen molar-refractivity contribution in [1.82, 2.24) is 4.90 Å². The summed E-state index contributed by atoms with van der Waals surface area (Å²) in [5.74, 6) is 0. The molecule has 1 aliphatic rings. The van der Waals surface area contributed by atoms with Gasteiger partial charge in [0, 0.05) is 12.1 Å². The van der Waals surface area contributed by atoms with Crippen LogP contribution in [0.3, 0.4) is 0 Å². The lowest BCUT2D eigenvalue weighted by atomic mass is 9.89. The highest BCUT2D eigenvalue weighted by Crippen LogP contribution is 2.26. The molecule has 0 aromatic carbocycles. The van der Waals surface area contributed by atoms with Crippen molar-refractivity contribution in [1.29, 1.82) is 0 Å². The summed E-state index contributed by atoms with van der Waals surface area (Å²) in [5, 5.41) is 38.0. The van der Waals surface area contributed by atoms with Gasteiger partial charge in [0.25, 0.3) is 0 Å². The van der Waals surface area contributed by atoms with Crippen molar-refractivity contribution in [3.8, 4) is 0 Å². The first-order chi connectivity index (χ1) is 6.79. The fourth-order valence-corrected chi connectivity index (χ4v) is 2.06. The van der Waals surface area contributed by atoms with E-state index < -0.39 is 24.4 Å². The van der Waals surface area contributed by atoms with Crippen molar-refractivity contribution >= 4 is 0 Å². The Morgan fingerprint density at radius 1 is 1.13 bits per heavy atom. The number of likely N-dealkylation sites (tertiary alicyclic amines) is 1. The van der Waals surface area contributed by atoms with Crippen LogP contribution < -0.4 is 0 Å². The number of aliphatic hydroxyl groups is 4. The van der Waals surface area contributed by atoms with E-state index in [4.69, 9.17) is 0 Å². The molecule has 1 heterocycles. The third-order valence-electron chi connectivity index (χ3n) is 2.97. The Labute approximate surface area is 90.0 Å². The van der Waals surface area contributed by atoms with Crippen LogP contribution in [0.25, 0.3) is 0 Å². The first-order valence-electron chi connectivity index (χ1n) is 5.21. The molecule has 0 amide bonds. The third kappa shape index (κ3) is 2.49. The van der Waals surface area contributed by atoms with Crippen molar-refractivity contribution < 1.29 is 20.4 Å². The molecule has 1 aliphatic heterocycles. The van der Waals surface area contributed by atoms with E-state index in [1.807, 2.05) is 25.7 Å². The summed E-state index contributed by atoms with van der Waals surface area (Å²) in [5.41, 5.74) is -0.268. The molecule has 5 heteroatoms. The Hall–Kier alpha value is -0.200. The average Bonchev–Trinajstić information content (AvgIpc) is 2.12. The summed E-state index contributed by atoms with van der Waals surface area (Å²) in [6.45, 7) is 5.83. The lowest BCUT2D eigenvalue weighted by Crippen LogP contribution is -2.66. The number of piperidine rings is 1. The molecule has 1 fully saturated rings. The smallest absolute Gasteiger partial charge is 0.109 e. The minimum Gasteiger partial charge on any atom is -0.395 e. The zero-order chi connectivity index (χ0) is 11.8. The third-order valence-corrected chi connectivity index (χ3v) is 2.97. The Balaban J connectivity index is 2.87. The molecule has 1 rings (SSSR count). The topological polar surface area (TPSA) is 84.2 Å². The van der Waals surface area contributed by atoms with Gasteiger partial charge in [0.05, 0.1) is 18.8 Å². The molecular weight excluding hydrogens is 198 g/mol. The van der Waals surface area contributed by atoms with Crippen molar-refractivity contribution in [2.75, 3.05) is 13.2 Å². The Bertz CT molecular complexity index is 216. The molecule has 0 aliphatic carbocycles. The summed E-state index contributed by atoms with van der Waals surface area (Å²) in [6.07, 6.45) is -3.26. The molecule has 4 atom stereocenters. The van der Waals surface area contributed by atoms with Gasteiger partial charge in [0.2, 0.25) is 0 Å². The summed E-state index contributed by atoms with van der Waals surface area (Å²) in [6, 6.07) is -0.525. The molecule has 5 nitrogen and oxygen atoms in total. The zero-order valence-electron chi connectivity index (χ0n) is 9.46. The van der Waals surface area contributed by atoms with Crippen LogP contribution in [0.5, 0.6) is 0 Å². The van der Waals surface area contributed by atoms with E-state index in [1.165, 1.54) is 0 Å². The molecule has 0 aromatic heterocycles. The molecule has 90 valence electrons. The predicted molar refractivity (Wildman–Crippen MR) is 55.4 cm³/mol. The number of β-amino-alcohol motifs (C(OH)–C–C–N with tert-alkyl or cyclic N) is 1. The second-order valence-corrected chi connectivity index (χ2v) is 5.12. The highest BCUT2D eigenvalue weighted by molar-refractivity contribution is 4.98. The number of nitrogens with zero attached hydrogens (tertiary/aromatic N) is 1. The van der Waals surface area contributed by atoms with Gasteiger partial charge in [0.15, 0.2) is 0 Å². The van der Waals surface area contributed by atoms with E-state index >= 15 is 0 Å². The van der Waals surface area contributed by atoms with E-state index in [2.05, 4.69) is 0 Å². The largest absolute Gasteiger partial charge is 0.395 e. The molecule has 1 saturated heterocycles. The van der Waals surface area contributed by atoms with E-state index in [0.717, 1.165) is 0 Å². The van der Waals surface area contributed by atoms with Gasteiger partial charge in [-0.3, -0.25) is 4.90 Å². The minimum absolute atomic E-state index is 0.234. The summed E-state index contributed by atoms with van der Waals surface area (Å²) in [4.78, 5) is 1.81. The first-order valence-corrected chi connectivity index (χ1v) is 5.21. The molecule has 0 radical (unpaired) electrons. The fraction of sp³-hybridized carbons (Fsp3) is 1.00. The van der Waals surface area contributed by atoms with Crippen LogP contribution >= 0.6 is 0 Å². The van der Waals surface area contributed by atoms with Gasteiger partial charge >= 0.3 is 0 Å². The fourth-order valence-electron chi connectivity index (χ4n) is 2.06. The lowest BCUT2D eigenvalue weighted by Gasteiger charge is -2.49. The monoisotopic (exact) mass is 219 g/mol. The van der Waals surface area contributed by atoms with Gasteiger partial charge < -0.3 is 20.4 Å². The van der Waals surface area contributed by atoms with E-state index in [0.29, 0.717) is 0 Å². The normalized spacial score (nSPS) is 39.4. The quantitative estimate of drug-likeness (QED) is 0.433. The summed E-state index contributed by atoms with van der Waals surface area (Å²) >= 11 is 0.